The van der Waals surface area contributed by atoms with Gasteiger partial charge in [0.15, 0.2) is 0 Å². The van der Waals surface area contributed by atoms with Crippen molar-refractivity contribution >= 4 is 23.2 Å². The lowest BCUT2D eigenvalue weighted by molar-refractivity contribution is 0.612. The van der Waals surface area contributed by atoms with Gasteiger partial charge in [-0.15, -0.1) is 11.6 Å². The standard InChI is InChI=1S/C16H11Cl2FN2/c17-12-6-7-15(19)14(8-12)16(18)11-9-20-21(10-11)13-4-2-1-3-5-13/h1-10,16H. The first-order valence-electron chi connectivity index (χ1n) is 6.34. The Morgan fingerprint density at radius 1 is 1.10 bits per heavy atom. The SMILES string of the molecule is Fc1ccc(Cl)cc1C(Cl)c1cnn(-c2ccccc2)c1. The average Bonchev–Trinajstić information content (AvgIpc) is 3.00. The fourth-order valence-electron chi connectivity index (χ4n) is 2.08. The van der Waals surface area contributed by atoms with Crippen LogP contribution in [-0.4, -0.2) is 9.78 Å². The number of nitrogens with zero attached hydrogens (tertiary/aromatic N) is 2. The zero-order chi connectivity index (χ0) is 14.8. The number of hydrogen-bond donors (Lipinski definition) is 0. The molecule has 0 saturated carbocycles. The molecule has 21 heavy (non-hydrogen) atoms. The first kappa shape index (κ1) is 14.1. The third-order valence-corrected chi connectivity index (χ3v) is 3.87. The topological polar surface area (TPSA) is 17.8 Å². The van der Waals surface area contributed by atoms with Crippen molar-refractivity contribution in [3.63, 3.8) is 0 Å². The molecule has 0 spiro atoms. The Balaban J connectivity index is 1.94. The van der Waals surface area contributed by atoms with Crippen molar-refractivity contribution in [2.24, 2.45) is 0 Å². The number of rotatable bonds is 3. The highest BCUT2D eigenvalue weighted by atomic mass is 35.5. The second-order valence-electron chi connectivity index (χ2n) is 4.58. The van der Waals surface area contributed by atoms with E-state index in [1.54, 1.807) is 17.1 Å². The Labute approximate surface area is 131 Å². The van der Waals surface area contributed by atoms with Gasteiger partial charge in [-0.25, -0.2) is 9.07 Å². The molecular formula is C16H11Cl2FN2. The minimum atomic E-state index is -0.638. The molecule has 106 valence electrons. The van der Waals surface area contributed by atoms with Gasteiger partial charge < -0.3 is 0 Å². The molecule has 0 aliphatic carbocycles. The van der Waals surface area contributed by atoms with Crippen LogP contribution >= 0.6 is 23.2 Å². The van der Waals surface area contributed by atoms with Gasteiger partial charge in [-0.1, -0.05) is 29.8 Å². The zero-order valence-electron chi connectivity index (χ0n) is 10.9. The Bertz CT molecular complexity index is 756. The summed E-state index contributed by atoms with van der Waals surface area (Å²) in [6.07, 6.45) is 3.42. The lowest BCUT2D eigenvalue weighted by atomic mass is 10.1. The van der Waals surface area contributed by atoms with Crippen molar-refractivity contribution in [1.82, 2.24) is 9.78 Å². The van der Waals surface area contributed by atoms with E-state index >= 15 is 0 Å². The van der Waals surface area contributed by atoms with E-state index in [9.17, 15) is 4.39 Å². The molecule has 0 fully saturated rings. The van der Waals surface area contributed by atoms with Crippen LogP contribution in [-0.2, 0) is 0 Å². The van der Waals surface area contributed by atoms with E-state index in [0.29, 0.717) is 16.1 Å². The Hall–Kier alpha value is -1.84. The van der Waals surface area contributed by atoms with E-state index in [-0.39, 0.29) is 5.82 Å². The van der Waals surface area contributed by atoms with Gasteiger partial charge in [0.2, 0.25) is 0 Å². The summed E-state index contributed by atoms with van der Waals surface area (Å²) < 4.78 is 15.6. The molecule has 1 aromatic heterocycles. The van der Waals surface area contributed by atoms with Crippen LogP contribution in [0.15, 0.2) is 60.9 Å². The number of alkyl halides is 1. The van der Waals surface area contributed by atoms with Crippen molar-refractivity contribution in [3.8, 4) is 5.69 Å². The molecule has 3 rings (SSSR count). The van der Waals surface area contributed by atoms with E-state index in [1.165, 1.54) is 18.2 Å². The Morgan fingerprint density at radius 3 is 2.62 bits per heavy atom. The van der Waals surface area contributed by atoms with E-state index in [0.717, 1.165) is 5.69 Å². The van der Waals surface area contributed by atoms with Gasteiger partial charge in [-0.05, 0) is 30.3 Å². The van der Waals surface area contributed by atoms with Crippen LogP contribution < -0.4 is 0 Å². The molecule has 0 N–H and O–H groups in total. The van der Waals surface area contributed by atoms with Crippen molar-refractivity contribution < 1.29 is 4.39 Å². The molecule has 2 aromatic carbocycles. The monoisotopic (exact) mass is 320 g/mol. The summed E-state index contributed by atoms with van der Waals surface area (Å²) >= 11 is 12.3. The van der Waals surface area contributed by atoms with Crippen LogP contribution in [0.5, 0.6) is 0 Å². The van der Waals surface area contributed by atoms with E-state index in [1.807, 2.05) is 30.3 Å². The largest absolute Gasteiger partial charge is 0.241 e. The molecule has 1 unspecified atom stereocenters. The molecule has 5 heteroatoms. The third-order valence-electron chi connectivity index (χ3n) is 3.15. The minimum absolute atomic E-state index is 0.344. The maximum Gasteiger partial charge on any atom is 0.128 e. The van der Waals surface area contributed by atoms with Crippen molar-refractivity contribution in [2.75, 3.05) is 0 Å². The summed E-state index contributed by atoms with van der Waals surface area (Å²) in [5.74, 6) is -0.383. The van der Waals surface area contributed by atoms with Gasteiger partial charge in [0.05, 0.1) is 17.3 Å². The molecule has 1 atom stereocenters. The van der Waals surface area contributed by atoms with Crippen molar-refractivity contribution in [1.29, 1.82) is 0 Å². The summed E-state index contributed by atoms with van der Waals surface area (Å²) in [4.78, 5) is 0. The Kier molecular flexibility index (Phi) is 3.95. The fourth-order valence-corrected chi connectivity index (χ4v) is 2.54. The number of halogens is 3. The quantitative estimate of drug-likeness (QED) is 0.621. The van der Waals surface area contributed by atoms with E-state index < -0.39 is 5.38 Å². The summed E-state index contributed by atoms with van der Waals surface area (Å²) in [5, 5.41) is 4.08. The highest BCUT2D eigenvalue weighted by Gasteiger charge is 2.17. The van der Waals surface area contributed by atoms with Crippen LogP contribution in [0, 0.1) is 5.82 Å². The maximum atomic E-state index is 13.9. The molecule has 0 amide bonds. The van der Waals surface area contributed by atoms with Crippen molar-refractivity contribution in [2.45, 2.75) is 5.38 Å². The summed E-state index contributed by atoms with van der Waals surface area (Å²) in [7, 11) is 0. The number of benzene rings is 2. The normalized spacial score (nSPS) is 12.3. The summed E-state index contributed by atoms with van der Waals surface area (Å²) in [5.41, 5.74) is 1.97. The van der Waals surface area contributed by atoms with E-state index in [4.69, 9.17) is 23.2 Å². The van der Waals surface area contributed by atoms with Gasteiger partial charge in [0.25, 0.3) is 0 Å². The summed E-state index contributed by atoms with van der Waals surface area (Å²) in [6.45, 7) is 0. The molecule has 0 aliphatic heterocycles. The average molecular weight is 321 g/mol. The molecule has 0 aliphatic rings. The fraction of sp³-hybridized carbons (Fsp3) is 0.0625. The molecular weight excluding hydrogens is 310 g/mol. The van der Waals surface area contributed by atoms with Gasteiger partial charge in [-0.2, -0.15) is 5.10 Å². The first-order chi connectivity index (χ1) is 10.1. The van der Waals surface area contributed by atoms with Gasteiger partial charge in [-0.3, -0.25) is 0 Å². The van der Waals surface area contributed by atoms with Crippen molar-refractivity contribution in [3.05, 3.63) is 82.9 Å². The first-order valence-corrected chi connectivity index (χ1v) is 7.15. The van der Waals surface area contributed by atoms with Gasteiger partial charge >= 0.3 is 0 Å². The van der Waals surface area contributed by atoms with Crippen LogP contribution in [0.3, 0.4) is 0 Å². The molecule has 1 heterocycles. The van der Waals surface area contributed by atoms with Crippen LogP contribution in [0.4, 0.5) is 4.39 Å². The maximum absolute atomic E-state index is 13.9. The van der Waals surface area contributed by atoms with Crippen LogP contribution in [0.1, 0.15) is 16.5 Å². The lowest BCUT2D eigenvalue weighted by Gasteiger charge is -2.09. The smallest absolute Gasteiger partial charge is 0.128 e. The van der Waals surface area contributed by atoms with E-state index in [2.05, 4.69) is 5.10 Å². The van der Waals surface area contributed by atoms with Crippen LogP contribution in [0.25, 0.3) is 5.69 Å². The second-order valence-corrected chi connectivity index (χ2v) is 5.46. The second kappa shape index (κ2) is 5.88. The highest BCUT2D eigenvalue weighted by molar-refractivity contribution is 6.30. The molecule has 0 saturated heterocycles. The lowest BCUT2D eigenvalue weighted by Crippen LogP contribution is -1.96. The Morgan fingerprint density at radius 2 is 1.86 bits per heavy atom. The number of hydrogen-bond acceptors (Lipinski definition) is 1. The van der Waals surface area contributed by atoms with Gasteiger partial charge in [0.1, 0.15) is 5.82 Å². The summed E-state index contributed by atoms with van der Waals surface area (Å²) in [6, 6.07) is 14.0. The predicted octanol–water partition coefficient (Wildman–Crippen LogP) is 4.99. The third kappa shape index (κ3) is 2.94. The molecule has 0 bridgehead atoms. The zero-order valence-corrected chi connectivity index (χ0v) is 12.4. The molecule has 2 nitrogen and oxygen atoms in total. The minimum Gasteiger partial charge on any atom is -0.241 e. The highest BCUT2D eigenvalue weighted by Crippen LogP contribution is 2.32. The molecule has 3 aromatic rings. The number of para-hydroxylation sites is 1. The van der Waals surface area contributed by atoms with Crippen LogP contribution in [0.2, 0.25) is 5.02 Å². The predicted molar refractivity (Wildman–Crippen MR) is 82.7 cm³/mol. The van der Waals surface area contributed by atoms with Gasteiger partial charge in [0, 0.05) is 22.3 Å². The number of aromatic nitrogens is 2. The molecule has 0 radical (unpaired) electrons.